The van der Waals surface area contributed by atoms with E-state index in [1.807, 2.05) is 13.8 Å². The maximum atomic E-state index is 5.56. The highest BCUT2D eigenvalue weighted by molar-refractivity contribution is 7.02. The van der Waals surface area contributed by atoms with Crippen molar-refractivity contribution in [2.45, 2.75) is 28.7 Å². The number of nitrogens with one attached hydrogen (secondary N) is 2. The summed E-state index contributed by atoms with van der Waals surface area (Å²) in [5.74, 6) is 0. The van der Waals surface area contributed by atoms with E-state index in [1.165, 1.54) is 0 Å². The van der Waals surface area contributed by atoms with Crippen molar-refractivity contribution >= 4 is 18.1 Å². The first kappa shape index (κ1) is 61.1. The lowest BCUT2D eigenvalue weighted by molar-refractivity contribution is 0.824. The third-order valence-electron chi connectivity index (χ3n) is 0. The minimum Gasteiger partial charge on any atom is -0.870 e. The monoisotopic (exact) mass is 173 g/mol. The summed E-state index contributed by atoms with van der Waals surface area (Å²) >= 11 is 0. The van der Waals surface area contributed by atoms with Crippen molar-refractivity contribution in [2.75, 3.05) is 0 Å². The Labute approximate surface area is 63.4 Å². The van der Waals surface area contributed by atoms with E-state index < -0.39 is 0 Å². The highest BCUT2D eigenvalue weighted by Crippen LogP contribution is 1.28. The van der Waals surface area contributed by atoms with Gasteiger partial charge in [-0.05, 0) is 18.1 Å². The van der Waals surface area contributed by atoms with Gasteiger partial charge in [0.15, 0.2) is 0 Å². The summed E-state index contributed by atoms with van der Waals surface area (Å²) < 4.78 is 0. The zero-order valence-corrected chi connectivity index (χ0v) is 6.45. The maximum absolute atomic E-state index is 5.56. The van der Waals surface area contributed by atoms with E-state index in [2.05, 4.69) is 18.1 Å². The summed E-state index contributed by atoms with van der Waals surface area (Å²) in [6, 6.07) is 0. The molecule has 0 saturated carbocycles. The van der Waals surface area contributed by atoms with Crippen LogP contribution in [0.5, 0.6) is 0 Å². The van der Waals surface area contributed by atoms with E-state index in [4.69, 9.17) is 10.3 Å². The standard InChI is InChI=1S/C2H6.2CH4.2H2NP.H2O/c1-2;;;2*1-2;/h1-2H3;2*1H4;2*1-2H;1H2/p-1. The molecule has 3 nitrogen and oxygen atoms in total. The summed E-state index contributed by atoms with van der Waals surface area (Å²) in [5.41, 5.74) is 0. The molecule has 0 unspecified atom stereocenters. The van der Waals surface area contributed by atoms with Crippen LogP contribution in [0.3, 0.4) is 0 Å². The van der Waals surface area contributed by atoms with Gasteiger partial charge in [0.05, 0.1) is 0 Å². The van der Waals surface area contributed by atoms with Crippen LogP contribution >= 0.6 is 18.1 Å². The molecule has 62 valence electrons. The fourth-order valence-electron chi connectivity index (χ4n) is 0. The van der Waals surface area contributed by atoms with Crippen LogP contribution in [0.2, 0.25) is 0 Å². The van der Waals surface area contributed by atoms with Gasteiger partial charge in [-0.2, -0.15) is 0 Å². The smallest absolute Gasteiger partial charge is 0.0185 e. The van der Waals surface area contributed by atoms with E-state index in [9.17, 15) is 0 Å². The molecule has 0 aromatic rings. The second kappa shape index (κ2) is 16300. The molecule has 5 heteroatoms. The van der Waals surface area contributed by atoms with Crippen LogP contribution in [-0.2, 0) is 0 Å². The van der Waals surface area contributed by atoms with Crippen molar-refractivity contribution in [3.8, 4) is 0 Å². The van der Waals surface area contributed by atoms with Crippen molar-refractivity contribution in [1.29, 1.82) is 10.3 Å². The van der Waals surface area contributed by atoms with E-state index in [-0.39, 0.29) is 20.3 Å². The second-order valence-electron chi connectivity index (χ2n) is 0. The molecule has 0 amide bonds. The Morgan fingerprint density at radius 3 is 0.778 bits per heavy atom. The van der Waals surface area contributed by atoms with Gasteiger partial charge in [-0.15, -0.1) is 0 Å². The molecule has 0 aromatic carbocycles. The minimum atomic E-state index is 0. The summed E-state index contributed by atoms with van der Waals surface area (Å²) in [5, 5.41) is 11.1. The second-order valence-corrected chi connectivity index (χ2v) is 0. The predicted molar refractivity (Wildman–Crippen MR) is 48.8 cm³/mol. The molecular formula is C4H19N2OP2-. The third kappa shape index (κ3) is 12100. The zero-order chi connectivity index (χ0) is 6.00. The number of hydrogen-bond donors (Lipinski definition) is 2. The van der Waals surface area contributed by atoms with Crippen LogP contribution in [0.1, 0.15) is 28.7 Å². The third-order valence-corrected chi connectivity index (χ3v) is 0. The topological polar surface area (TPSA) is 77.7 Å². The maximum Gasteiger partial charge on any atom is -0.0185 e. The summed E-state index contributed by atoms with van der Waals surface area (Å²) in [7, 11) is 4.44. The average molecular weight is 173 g/mol. The fourth-order valence-corrected chi connectivity index (χ4v) is 0. The normalized spacial score (nSPS) is 1.56. The van der Waals surface area contributed by atoms with Gasteiger partial charge in [-0.1, -0.05) is 28.7 Å². The quantitative estimate of drug-likeness (QED) is 0.535. The zero-order valence-electron chi connectivity index (χ0n) is 4.45. The molecule has 0 aliphatic heterocycles. The lowest BCUT2D eigenvalue weighted by Gasteiger charge is -1.07. The Balaban J connectivity index is -0.00000000321. The van der Waals surface area contributed by atoms with Crippen molar-refractivity contribution in [3.63, 3.8) is 0 Å². The molecule has 0 saturated heterocycles. The molecule has 0 radical (unpaired) electrons. The Morgan fingerprint density at radius 2 is 0.778 bits per heavy atom. The van der Waals surface area contributed by atoms with Gasteiger partial charge in [0.2, 0.25) is 0 Å². The Morgan fingerprint density at radius 1 is 0.778 bits per heavy atom. The molecule has 0 fully saturated rings. The van der Waals surface area contributed by atoms with Crippen LogP contribution in [0, 0.1) is 10.3 Å². The van der Waals surface area contributed by atoms with Gasteiger partial charge in [-0.3, -0.25) is 10.3 Å². The van der Waals surface area contributed by atoms with Gasteiger partial charge in [-0.25, -0.2) is 0 Å². The minimum absolute atomic E-state index is 0. The highest BCUT2D eigenvalue weighted by Gasteiger charge is 0.932. The van der Waals surface area contributed by atoms with Crippen molar-refractivity contribution < 1.29 is 5.48 Å². The Bertz CT molecular complexity index is 18.5. The molecule has 0 aromatic heterocycles. The van der Waals surface area contributed by atoms with Crippen molar-refractivity contribution in [3.05, 3.63) is 0 Å². The van der Waals surface area contributed by atoms with Crippen LogP contribution in [0.25, 0.3) is 0 Å². The van der Waals surface area contributed by atoms with E-state index in [0.717, 1.165) is 0 Å². The van der Waals surface area contributed by atoms with Crippen molar-refractivity contribution in [1.82, 2.24) is 0 Å². The molecule has 0 aliphatic carbocycles. The molecule has 9 heavy (non-hydrogen) atoms. The first-order chi connectivity index (χ1) is 3.00. The SMILES string of the molecule is C.C.CC.N=P.N=P.[OH-]. The van der Waals surface area contributed by atoms with E-state index in [0.29, 0.717) is 0 Å². The first-order valence-electron chi connectivity index (χ1n) is 1.50. The first-order valence-corrected chi connectivity index (χ1v) is 2.50. The number of rotatable bonds is 0. The van der Waals surface area contributed by atoms with Gasteiger partial charge in [0, 0.05) is 0 Å². The van der Waals surface area contributed by atoms with E-state index in [1.54, 1.807) is 0 Å². The lowest BCUT2D eigenvalue weighted by Crippen LogP contribution is -0.856. The summed E-state index contributed by atoms with van der Waals surface area (Å²) in [6.45, 7) is 4.00. The van der Waals surface area contributed by atoms with Gasteiger partial charge in [0.25, 0.3) is 0 Å². The average Bonchev–Trinajstić information content (AvgIpc) is 1.81. The van der Waals surface area contributed by atoms with Gasteiger partial charge < -0.3 is 5.48 Å². The molecule has 3 N–H and O–H groups in total. The number of hydrogen-bond acceptors (Lipinski definition) is 3. The van der Waals surface area contributed by atoms with Crippen molar-refractivity contribution in [2.24, 2.45) is 0 Å². The molecule has 0 aliphatic rings. The predicted octanol–water partition coefficient (Wildman–Crippen LogP) is 3.90. The van der Waals surface area contributed by atoms with E-state index >= 15 is 0 Å². The molecule has 0 spiro atoms. The van der Waals surface area contributed by atoms with Gasteiger partial charge >= 0.3 is 0 Å². The molecular weight excluding hydrogens is 154 g/mol. The molecule has 0 bridgehead atoms. The molecule has 0 rings (SSSR count). The van der Waals surface area contributed by atoms with Crippen LogP contribution in [0.15, 0.2) is 0 Å². The fraction of sp³-hybridized carbons (Fsp3) is 1.00. The molecule has 0 atom stereocenters. The van der Waals surface area contributed by atoms with Crippen LogP contribution < -0.4 is 0 Å². The molecule has 0 heterocycles. The van der Waals surface area contributed by atoms with Crippen LogP contribution in [0.4, 0.5) is 0 Å². The Hall–Kier alpha value is 0.160. The van der Waals surface area contributed by atoms with Gasteiger partial charge in [0.1, 0.15) is 0 Å². The highest BCUT2D eigenvalue weighted by atomic mass is 31.0. The van der Waals surface area contributed by atoms with Crippen LogP contribution in [-0.4, -0.2) is 5.48 Å². The summed E-state index contributed by atoms with van der Waals surface area (Å²) in [6.07, 6.45) is 0. The largest absolute Gasteiger partial charge is 0.870 e. The summed E-state index contributed by atoms with van der Waals surface area (Å²) in [4.78, 5) is 0. The Kier molecular flexibility index (Phi) is 111000. The lowest BCUT2D eigenvalue weighted by atomic mass is 11.0.